The highest BCUT2D eigenvalue weighted by Gasteiger charge is 2.21. The van der Waals surface area contributed by atoms with Gasteiger partial charge in [0, 0.05) is 11.6 Å². The zero-order valence-electron chi connectivity index (χ0n) is 8.77. The second-order valence-corrected chi connectivity index (χ2v) is 5.88. The van der Waals surface area contributed by atoms with Gasteiger partial charge in [-0.1, -0.05) is 6.07 Å². The molecule has 1 N–H and O–H groups in total. The van der Waals surface area contributed by atoms with E-state index in [2.05, 4.69) is 24.6 Å². The van der Waals surface area contributed by atoms with Crippen molar-refractivity contribution < 1.29 is 13.0 Å². The number of rotatable bonds is 3. The largest absolute Gasteiger partial charge is 0.266 e. The van der Waals surface area contributed by atoms with Crippen molar-refractivity contribution in [3.63, 3.8) is 0 Å². The molecule has 0 amide bonds. The minimum Gasteiger partial charge on any atom is -0.255 e. The molecule has 92 valence electrons. The fourth-order valence-corrected chi connectivity index (χ4v) is 3.38. The number of sulfonamides is 1. The summed E-state index contributed by atoms with van der Waals surface area (Å²) in [5, 5.41) is 9.16. The molecule has 0 unspecified atom stereocenters. The number of hydrogen-bond acceptors (Lipinski definition) is 7. The van der Waals surface area contributed by atoms with Crippen molar-refractivity contribution in [2.45, 2.75) is 4.90 Å². The van der Waals surface area contributed by atoms with Crippen LogP contribution in [0, 0.1) is 0 Å². The highest BCUT2D eigenvalue weighted by molar-refractivity contribution is 7.93. The van der Waals surface area contributed by atoms with Crippen molar-refractivity contribution in [1.82, 2.24) is 15.3 Å². The Bertz CT molecular complexity index is 779. The molecular formula is C9H6N4O3S2. The number of aromatic nitrogens is 3. The smallest absolute Gasteiger partial charge is 0.255 e. The van der Waals surface area contributed by atoms with E-state index >= 15 is 0 Å². The molecule has 0 saturated heterocycles. The molecule has 0 spiro atoms. The minimum atomic E-state index is -3.74. The molecule has 2 aromatic heterocycles. The first-order chi connectivity index (χ1) is 8.67. The Morgan fingerprint density at radius 1 is 1.28 bits per heavy atom. The molecule has 9 heteroatoms. The lowest BCUT2D eigenvalue weighted by atomic mass is 10.3. The van der Waals surface area contributed by atoms with Crippen LogP contribution in [0.15, 0.2) is 39.3 Å². The van der Waals surface area contributed by atoms with Crippen LogP contribution in [0.1, 0.15) is 0 Å². The van der Waals surface area contributed by atoms with E-state index in [-0.39, 0.29) is 10.4 Å². The third-order valence-corrected chi connectivity index (χ3v) is 4.38. The highest BCUT2D eigenvalue weighted by Crippen LogP contribution is 2.23. The normalized spacial score (nSPS) is 11.8. The predicted molar refractivity (Wildman–Crippen MR) is 64.7 cm³/mol. The van der Waals surface area contributed by atoms with Crippen LogP contribution >= 0.6 is 11.3 Å². The van der Waals surface area contributed by atoms with Crippen LogP contribution < -0.4 is 4.72 Å². The second-order valence-electron chi connectivity index (χ2n) is 3.33. The maximum Gasteiger partial charge on any atom is 0.266 e. The van der Waals surface area contributed by atoms with E-state index in [0.717, 1.165) is 0 Å². The molecule has 3 aromatic rings. The Hall–Kier alpha value is -2.00. The van der Waals surface area contributed by atoms with E-state index in [0.29, 0.717) is 10.6 Å². The third-order valence-electron chi connectivity index (χ3n) is 2.19. The van der Waals surface area contributed by atoms with E-state index < -0.39 is 10.0 Å². The number of nitrogens with one attached hydrogen (secondary N) is 1. The summed E-state index contributed by atoms with van der Waals surface area (Å²) in [5.41, 5.74) is 0.582. The Morgan fingerprint density at radius 2 is 2.17 bits per heavy atom. The van der Waals surface area contributed by atoms with Crippen LogP contribution in [0.2, 0.25) is 0 Å². The topological polar surface area (TPSA) is 98.0 Å². The fraction of sp³-hybridized carbons (Fsp3) is 0. The van der Waals surface area contributed by atoms with E-state index in [1.807, 2.05) is 0 Å². The monoisotopic (exact) mass is 282 g/mol. The molecule has 18 heavy (non-hydrogen) atoms. The van der Waals surface area contributed by atoms with Crippen LogP contribution in [0.5, 0.6) is 0 Å². The third kappa shape index (κ3) is 1.83. The number of fused-ring (bicyclic) bond motifs is 1. The molecule has 0 atom stereocenters. The number of anilines is 1. The zero-order valence-corrected chi connectivity index (χ0v) is 10.4. The highest BCUT2D eigenvalue weighted by atomic mass is 32.2. The van der Waals surface area contributed by atoms with Gasteiger partial charge >= 0.3 is 0 Å². The molecule has 0 aliphatic heterocycles. The summed E-state index contributed by atoms with van der Waals surface area (Å²) in [5.74, 6) is 0. The average molecular weight is 282 g/mol. The fourth-order valence-electron chi connectivity index (χ4n) is 1.44. The predicted octanol–water partition coefficient (Wildman–Crippen LogP) is 1.48. The first-order valence-electron chi connectivity index (χ1n) is 4.80. The van der Waals surface area contributed by atoms with Gasteiger partial charge in [-0.2, -0.15) is 0 Å². The second kappa shape index (κ2) is 4.03. The van der Waals surface area contributed by atoms with Gasteiger partial charge in [-0.25, -0.2) is 18.0 Å². The summed E-state index contributed by atoms with van der Waals surface area (Å²) in [4.78, 5) is 3.87. The summed E-state index contributed by atoms with van der Waals surface area (Å²) >= 11 is 1.19. The van der Waals surface area contributed by atoms with Gasteiger partial charge in [0.05, 0.1) is 0 Å². The standard InChI is InChI=1S/C9H6N4O3S2/c14-18(15,13-9-10-4-5-17-9)7-3-1-2-6-8(7)12-16-11-6/h1-5H,(H,10,13). The van der Waals surface area contributed by atoms with Crippen molar-refractivity contribution in [1.29, 1.82) is 0 Å². The van der Waals surface area contributed by atoms with Gasteiger partial charge in [0.25, 0.3) is 10.0 Å². The van der Waals surface area contributed by atoms with Crippen molar-refractivity contribution in [2.75, 3.05) is 4.72 Å². The molecule has 3 rings (SSSR count). The van der Waals surface area contributed by atoms with Crippen molar-refractivity contribution in [3.05, 3.63) is 29.8 Å². The molecule has 7 nitrogen and oxygen atoms in total. The van der Waals surface area contributed by atoms with Crippen LogP contribution in [0.3, 0.4) is 0 Å². The van der Waals surface area contributed by atoms with Gasteiger partial charge in [0.15, 0.2) is 10.6 Å². The molecule has 2 heterocycles. The molecule has 0 aliphatic rings. The van der Waals surface area contributed by atoms with Crippen molar-refractivity contribution in [3.8, 4) is 0 Å². The molecule has 0 bridgehead atoms. The van der Waals surface area contributed by atoms with Crippen LogP contribution in [-0.2, 0) is 10.0 Å². The first-order valence-corrected chi connectivity index (χ1v) is 7.17. The Labute approximate surface area is 105 Å². The summed E-state index contributed by atoms with van der Waals surface area (Å²) < 4.78 is 31.2. The minimum absolute atomic E-state index is 0.0106. The lowest BCUT2D eigenvalue weighted by Crippen LogP contribution is -2.13. The molecule has 0 fully saturated rings. The van der Waals surface area contributed by atoms with Crippen LogP contribution in [0.25, 0.3) is 11.0 Å². The van der Waals surface area contributed by atoms with Gasteiger partial charge in [0.1, 0.15) is 10.4 Å². The molecule has 1 aromatic carbocycles. The Balaban J connectivity index is 2.11. The number of nitrogens with zero attached hydrogens (tertiary/aromatic N) is 3. The first kappa shape index (κ1) is 11.1. The lowest BCUT2D eigenvalue weighted by Gasteiger charge is -2.04. The number of hydrogen-bond donors (Lipinski definition) is 1. The maximum absolute atomic E-state index is 12.2. The van der Waals surface area contributed by atoms with E-state index in [9.17, 15) is 8.42 Å². The van der Waals surface area contributed by atoms with Crippen molar-refractivity contribution in [2.24, 2.45) is 0 Å². The van der Waals surface area contributed by atoms with Crippen LogP contribution in [0.4, 0.5) is 5.13 Å². The van der Waals surface area contributed by atoms with Gasteiger partial charge in [-0.05, 0) is 22.4 Å². The van der Waals surface area contributed by atoms with E-state index in [4.69, 9.17) is 0 Å². The number of thiazole rings is 1. The quantitative estimate of drug-likeness (QED) is 0.781. The SMILES string of the molecule is O=S(=O)(Nc1nccs1)c1cccc2nonc12. The van der Waals surface area contributed by atoms with Crippen LogP contribution in [-0.4, -0.2) is 23.7 Å². The summed E-state index contributed by atoms with van der Waals surface area (Å²) in [6, 6.07) is 4.62. The van der Waals surface area contributed by atoms with Gasteiger partial charge < -0.3 is 0 Å². The molecule has 0 saturated carbocycles. The molecular weight excluding hydrogens is 276 g/mol. The Morgan fingerprint density at radius 3 is 2.94 bits per heavy atom. The summed E-state index contributed by atoms with van der Waals surface area (Å²) in [6.45, 7) is 0. The van der Waals surface area contributed by atoms with Gasteiger partial charge in [0.2, 0.25) is 0 Å². The van der Waals surface area contributed by atoms with E-state index in [1.165, 1.54) is 23.6 Å². The molecule has 0 radical (unpaired) electrons. The van der Waals surface area contributed by atoms with E-state index in [1.54, 1.807) is 17.5 Å². The zero-order chi connectivity index (χ0) is 12.6. The summed E-state index contributed by atoms with van der Waals surface area (Å²) in [6.07, 6.45) is 1.51. The maximum atomic E-state index is 12.2. The Kier molecular flexibility index (Phi) is 2.49. The van der Waals surface area contributed by atoms with Gasteiger partial charge in [-0.15, -0.1) is 11.3 Å². The van der Waals surface area contributed by atoms with Gasteiger partial charge in [-0.3, -0.25) is 4.72 Å². The summed E-state index contributed by atoms with van der Waals surface area (Å²) in [7, 11) is -3.74. The molecule has 0 aliphatic carbocycles. The lowest BCUT2D eigenvalue weighted by molar-refractivity contribution is 0.315. The average Bonchev–Trinajstić information content (AvgIpc) is 2.97. The number of benzene rings is 1. The van der Waals surface area contributed by atoms with Crippen molar-refractivity contribution >= 4 is 37.5 Å².